The first-order valence-electron chi connectivity index (χ1n) is 20.2. The highest BCUT2D eigenvalue weighted by molar-refractivity contribution is 9.10. The molecule has 1 atom stereocenters. The number of aryl methyl sites for hydroxylation is 1. The van der Waals surface area contributed by atoms with Gasteiger partial charge in [-0.3, -0.25) is 0 Å². The van der Waals surface area contributed by atoms with E-state index in [-0.39, 0.29) is 23.2 Å². The van der Waals surface area contributed by atoms with Crippen molar-refractivity contribution in [1.82, 2.24) is 24.5 Å². The molecule has 318 valence electrons. The normalized spacial score (nSPS) is 13.8. The highest BCUT2D eigenvalue weighted by Crippen LogP contribution is 2.39. The van der Waals surface area contributed by atoms with E-state index in [2.05, 4.69) is 101 Å². The molecule has 0 aliphatic heterocycles. The van der Waals surface area contributed by atoms with Crippen molar-refractivity contribution < 1.29 is 23.4 Å². The van der Waals surface area contributed by atoms with Gasteiger partial charge in [-0.25, -0.2) is 14.8 Å². The van der Waals surface area contributed by atoms with Gasteiger partial charge in [0.25, 0.3) is 0 Å². The number of amides is 1. The van der Waals surface area contributed by atoms with Crippen LogP contribution in [0.5, 0.6) is 0 Å². The van der Waals surface area contributed by atoms with E-state index in [0.717, 1.165) is 49.2 Å². The van der Waals surface area contributed by atoms with Crippen molar-refractivity contribution in [2.45, 2.75) is 169 Å². The molecule has 0 N–H and O–H groups in total. The van der Waals surface area contributed by atoms with Gasteiger partial charge in [-0.1, -0.05) is 60.1 Å². The quantitative estimate of drug-likeness (QED) is 0.0623. The number of thiazole rings is 1. The standard InChI is InChI=1S/C40H73BrN6O5SSi3/c1-29(2)46(38(48)52-39(4,5)6)30(3)18-19-32-35(41)37(45(27-49-20-22-54(10,11)12)28-50-21-23-55(13,14)15)47-36(44-32)31(24-43-47)33-25-42-34(53-33)26-51-56(16,17)40(7,8)9/h24-25,29-30H,18-23,26-28H2,1-17H3/t30-/m1/s1. The Kier molecular flexibility index (Phi) is 17.0. The summed E-state index contributed by atoms with van der Waals surface area (Å²) in [5.74, 6) is 0.823. The fourth-order valence-electron chi connectivity index (χ4n) is 5.54. The Labute approximate surface area is 353 Å². The Hall–Kier alpha value is -1.67. The molecule has 0 aromatic carbocycles. The number of nitrogens with zero attached hydrogens (tertiary/aromatic N) is 6. The first-order chi connectivity index (χ1) is 25.6. The van der Waals surface area contributed by atoms with Crippen molar-refractivity contribution in [2.75, 3.05) is 31.6 Å². The van der Waals surface area contributed by atoms with Crippen molar-refractivity contribution >= 4 is 69.3 Å². The molecule has 3 rings (SSSR count). The van der Waals surface area contributed by atoms with Crippen LogP contribution in [0.1, 0.15) is 79.4 Å². The molecule has 56 heavy (non-hydrogen) atoms. The second kappa shape index (κ2) is 19.6. The van der Waals surface area contributed by atoms with E-state index in [1.807, 2.05) is 56.4 Å². The second-order valence-corrected chi connectivity index (χ2v) is 38.2. The summed E-state index contributed by atoms with van der Waals surface area (Å²) in [5.41, 5.74) is 1.92. The number of carbonyl (C=O) groups excluding carboxylic acids is 1. The zero-order valence-corrected chi connectivity index (χ0v) is 43.1. The van der Waals surface area contributed by atoms with Crippen LogP contribution in [0.15, 0.2) is 16.9 Å². The highest BCUT2D eigenvalue weighted by atomic mass is 79.9. The summed E-state index contributed by atoms with van der Waals surface area (Å²) >= 11 is 5.62. The van der Waals surface area contributed by atoms with Crippen LogP contribution in [0.3, 0.4) is 0 Å². The molecule has 3 heterocycles. The molecule has 0 aliphatic carbocycles. The van der Waals surface area contributed by atoms with Crippen LogP contribution in [-0.2, 0) is 31.7 Å². The molecule has 0 radical (unpaired) electrons. The monoisotopic (exact) mass is 912 g/mol. The lowest BCUT2D eigenvalue weighted by atomic mass is 10.1. The van der Waals surface area contributed by atoms with E-state index in [1.165, 1.54) is 0 Å². The lowest BCUT2D eigenvalue weighted by molar-refractivity contribution is 0.00954. The zero-order valence-electron chi connectivity index (χ0n) is 37.7. The maximum absolute atomic E-state index is 13.4. The average molecular weight is 914 g/mol. The third-order valence-electron chi connectivity index (χ3n) is 10.0. The summed E-state index contributed by atoms with van der Waals surface area (Å²) in [6, 6.07) is 2.00. The minimum Gasteiger partial charge on any atom is -0.444 e. The van der Waals surface area contributed by atoms with Crippen LogP contribution >= 0.6 is 27.3 Å². The summed E-state index contributed by atoms with van der Waals surface area (Å²) in [4.78, 5) is 28.4. The molecule has 16 heteroatoms. The summed E-state index contributed by atoms with van der Waals surface area (Å²) in [7, 11) is -4.55. The Morgan fingerprint density at radius 3 is 1.98 bits per heavy atom. The van der Waals surface area contributed by atoms with Gasteiger partial charge in [0.05, 0.1) is 33.4 Å². The van der Waals surface area contributed by atoms with Crippen LogP contribution in [0, 0.1) is 0 Å². The predicted octanol–water partition coefficient (Wildman–Crippen LogP) is 11.5. The Bertz CT molecular complexity index is 1700. The van der Waals surface area contributed by atoms with Crippen LogP contribution in [0.25, 0.3) is 16.1 Å². The Morgan fingerprint density at radius 1 is 0.911 bits per heavy atom. The number of aromatic nitrogens is 4. The lowest BCUT2D eigenvalue weighted by Gasteiger charge is -2.35. The predicted molar refractivity (Wildman–Crippen MR) is 245 cm³/mol. The van der Waals surface area contributed by atoms with E-state index >= 15 is 0 Å². The van der Waals surface area contributed by atoms with Crippen molar-refractivity contribution in [3.8, 4) is 10.4 Å². The fourth-order valence-corrected chi connectivity index (χ4v) is 9.63. The number of halogens is 1. The minimum absolute atomic E-state index is 0.0334. The van der Waals surface area contributed by atoms with Crippen LogP contribution in [0.4, 0.5) is 10.6 Å². The molecular weight excluding hydrogens is 841 g/mol. The van der Waals surface area contributed by atoms with Crippen molar-refractivity contribution in [2.24, 2.45) is 0 Å². The van der Waals surface area contributed by atoms with Gasteiger partial charge < -0.3 is 28.4 Å². The van der Waals surface area contributed by atoms with Crippen LogP contribution < -0.4 is 4.90 Å². The van der Waals surface area contributed by atoms with Crippen molar-refractivity contribution in [3.05, 3.63) is 27.6 Å². The van der Waals surface area contributed by atoms with Gasteiger partial charge in [-0.05, 0) is 101 Å². The summed E-state index contributed by atoms with van der Waals surface area (Å²) in [6.07, 6.45) is 4.77. The number of hydrogen-bond donors (Lipinski definition) is 0. The smallest absolute Gasteiger partial charge is 0.410 e. The van der Waals surface area contributed by atoms with Gasteiger partial charge in [-0.2, -0.15) is 9.61 Å². The number of anilines is 1. The second-order valence-electron chi connectivity index (χ2n) is 20.3. The molecule has 3 aromatic rings. The first kappa shape index (κ1) is 48.7. The van der Waals surface area contributed by atoms with E-state index in [1.54, 1.807) is 11.3 Å². The van der Waals surface area contributed by atoms with Crippen LogP contribution in [0.2, 0.25) is 69.5 Å². The molecule has 0 spiro atoms. The van der Waals surface area contributed by atoms with E-state index in [0.29, 0.717) is 46.1 Å². The molecular formula is C40H73BrN6O5SSi3. The van der Waals surface area contributed by atoms with Gasteiger partial charge in [0.2, 0.25) is 0 Å². The molecule has 0 fully saturated rings. The fraction of sp³-hybridized carbons (Fsp3) is 0.750. The minimum atomic E-state index is -1.95. The molecule has 0 unspecified atom stereocenters. The van der Waals surface area contributed by atoms with Gasteiger partial charge in [0, 0.05) is 47.6 Å². The largest absolute Gasteiger partial charge is 0.444 e. The molecule has 3 aromatic heterocycles. The van der Waals surface area contributed by atoms with Gasteiger partial charge >= 0.3 is 6.09 Å². The summed E-state index contributed by atoms with van der Waals surface area (Å²) in [5, 5.41) is 5.99. The van der Waals surface area contributed by atoms with E-state index < -0.39 is 30.1 Å². The lowest BCUT2D eigenvalue weighted by Crippen LogP contribution is -2.46. The topological polar surface area (TPSA) is 104 Å². The maximum Gasteiger partial charge on any atom is 0.410 e. The van der Waals surface area contributed by atoms with E-state index in [4.69, 9.17) is 33.7 Å². The summed E-state index contributed by atoms with van der Waals surface area (Å²) in [6.45, 7) is 39.8. The number of rotatable bonds is 20. The van der Waals surface area contributed by atoms with Gasteiger partial charge in [0.15, 0.2) is 19.8 Å². The molecule has 0 bridgehead atoms. The molecule has 1 amide bonds. The highest BCUT2D eigenvalue weighted by Gasteiger charge is 2.37. The molecule has 11 nitrogen and oxygen atoms in total. The van der Waals surface area contributed by atoms with Crippen LogP contribution in [-0.4, -0.2) is 99.4 Å². The SMILES string of the molecule is CC(C)N(C(=O)OC(C)(C)C)[C@H](C)CCc1nc2c(-c3cnc(CO[Si](C)(C)C(C)(C)C)s3)cnn2c(N(COCC[Si](C)(C)C)COCC[Si](C)(C)C)c1Br. The summed E-state index contributed by atoms with van der Waals surface area (Å²) < 4.78 is 27.9. The number of fused-ring (bicyclic) bond motifs is 1. The molecule has 0 aliphatic rings. The number of ether oxygens (including phenoxy) is 3. The first-order valence-corrected chi connectivity index (χ1v) is 32.1. The maximum atomic E-state index is 13.4. The number of carbonyl (C=O) groups is 1. The van der Waals surface area contributed by atoms with Crippen molar-refractivity contribution in [3.63, 3.8) is 0 Å². The van der Waals surface area contributed by atoms with Gasteiger partial charge in [0.1, 0.15) is 24.1 Å². The number of hydrogen-bond acceptors (Lipinski definition) is 10. The van der Waals surface area contributed by atoms with E-state index in [9.17, 15) is 4.79 Å². The molecule has 0 saturated heterocycles. The average Bonchev–Trinajstić information content (AvgIpc) is 3.67. The molecule has 0 saturated carbocycles. The zero-order chi connectivity index (χ0) is 42.4. The van der Waals surface area contributed by atoms with Gasteiger partial charge in [-0.15, -0.1) is 11.3 Å². The Balaban J connectivity index is 2.10. The Morgan fingerprint density at radius 2 is 1.48 bits per heavy atom. The third-order valence-corrected chi connectivity index (χ3v) is 19.7. The van der Waals surface area contributed by atoms with Crippen molar-refractivity contribution in [1.29, 1.82) is 0 Å². The third kappa shape index (κ3) is 14.6.